The number of hydrogen-bond donors (Lipinski definition) is 3. The van der Waals surface area contributed by atoms with Crippen molar-refractivity contribution in [3.8, 4) is 11.3 Å². The van der Waals surface area contributed by atoms with Crippen LogP contribution in [0.25, 0.3) is 11.3 Å². The Morgan fingerprint density at radius 2 is 1.81 bits per heavy atom. The Bertz CT molecular complexity index is 1090. The summed E-state index contributed by atoms with van der Waals surface area (Å²) in [6, 6.07) is 8.00. The fraction of sp³-hybridized carbons (Fsp3) is 0.333. The van der Waals surface area contributed by atoms with Crippen LogP contribution >= 0.6 is 11.8 Å². The minimum atomic E-state index is -1.60. The molecule has 4 rings (SSSR count). The minimum absolute atomic E-state index is 0.0112. The van der Waals surface area contributed by atoms with Crippen LogP contribution in [-0.2, 0) is 4.74 Å². The second-order valence-corrected chi connectivity index (χ2v) is 8.64. The molecule has 0 bridgehead atoms. The lowest BCUT2D eigenvalue weighted by atomic mass is 9.97. The summed E-state index contributed by atoms with van der Waals surface area (Å²) in [6.07, 6.45) is -2.36. The van der Waals surface area contributed by atoms with E-state index in [4.69, 9.17) is 4.74 Å². The van der Waals surface area contributed by atoms with Gasteiger partial charge in [-0.3, -0.25) is 0 Å². The van der Waals surface area contributed by atoms with E-state index in [0.717, 1.165) is 27.3 Å². The van der Waals surface area contributed by atoms with Crippen molar-refractivity contribution < 1.29 is 33.2 Å². The van der Waals surface area contributed by atoms with Gasteiger partial charge in [-0.15, -0.1) is 5.10 Å². The first-order valence-electron chi connectivity index (χ1n) is 9.71. The molecule has 3 aromatic rings. The molecule has 11 heteroatoms. The van der Waals surface area contributed by atoms with Gasteiger partial charge in [0.25, 0.3) is 0 Å². The molecule has 3 N–H and O–H groups in total. The van der Waals surface area contributed by atoms with E-state index in [0.29, 0.717) is 0 Å². The van der Waals surface area contributed by atoms with Crippen LogP contribution in [0.3, 0.4) is 0 Å². The van der Waals surface area contributed by atoms with Crippen molar-refractivity contribution in [1.82, 2.24) is 15.0 Å². The molecule has 0 amide bonds. The van der Waals surface area contributed by atoms with Crippen molar-refractivity contribution in [3.63, 3.8) is 0 Å². The zero-order valence-electron chi connectivity index (χ0n) is 16.8. The van der Waals surface area contributed by atoms with Crippen LogP contribution in [0.2, 0.25) is 0 Å². The second-order valence-electron chi connectivity index (χ2n) is 7.47. The van der Waals surface area contributed by atoms with Crippen LogP contribution in [0.15, 0.2) is 47.5 Å². The lowest BCUT2D eigenvalue weighted by Crippen LogP contribution is -2.55. The van der Waals surface area contributed by atoms with Gasteiger partial charge in [-0.25, -0.2) is 17.9 Å². The Kier molecular flexibility index (Phi) is 6.54. The summed E-state index contributed by atoms with van der Waals surface area (Å²) >= 11 is 1.22. The van der Waals surface area contributed by atoms with E-state index in [1.165, 1.54) is 18.0 Å². The third-order valence-electron chi connectivity index (χ3n) is 5.19. The Morgan fingerprint density at radius 3 is 2.47 bits per heavy atom. The summed E-state index contributed by atoms with van der Waals surface area (Å²) in [7, 11) is 0. The summed E-state index contributed by atoms with van der Waals surface area (Å²) in [6.45, 7) is 1.41. The molecule has 2 heterocycles. The van der Waals surface area contributed by atoms with Crippen LogP contribution < -0.4 is 0 Å². The number of ether oxygens (including phenoxy) is 1. The quantitative estimate of drug-likeness (QED) is 0.496. The number of rotatable bonds is 5. The van der Waals surface area contributed by atoms with Gasteiger partial charge in [-0.05, 0) is 31.2 Å². The van der Waals surface area contributed by atoms with Gasteiger partial charge in [0.05, 0.1) is 12.8 Å². The number of thioether (sulfide) groups is 1. The highest BCUT2D eigenvalue weighted by Gasteiger charge is 2.46. The standard InChI is InChI=1S/C21H20F3N3O4S/c1-10-3-2-4-12(5-10)32-21-20(30)18(19(29)16(9-28)31-21)27-8-15(25-26-27)11-6-13(22)17(24)14(23)7-11/h2-8,16,18-21,28-30H,9H2,1H3. The van der Waals surface area contributed by atoms with Crippen molar-refractivity contribution in [2.45, 2.75) is 41.6 Å². The van der Waals surface area contributed by atoms with Gasteiger partial charge in [0.15, 0.2) is 17.5 Å². The molecule has 0 saturated carbocycles. The number of aryl methyl sites for hydroxylation is 1. The van der Waals surface area contributed by atoms with Crippen LogP contribution in [0, 0.1) is 24.4 Å². The fourth-order valence-electron chi connectivity index (χ4n) is 3.56. The van der Waals surface area contributed by atoms with Gasteiger partial charge < -0.3 is 20.1 Å². The molecular formula is C21H20F3N3O4S. The topological polar surface area (TPSA) is 101 Å². The minimum Gasteiger partial charge on any atom is -0.394 e. The predicted molar refractivity (Wildman–Crippen MR) is 109 cm³/mol. The number of aliphatic hydroxyl groups is 3. The summed E-state index contributed by atoms with van der Waals surface area (Å²) in [5, 5.41) is 39.0. The van der Waals surface area contributed by atoms with Crippen molar-refractivity contribution in [2.24, 2.45) is 0 Å². The number of aromatic nitrogens is 3. The monoisotopic (exact) mass is 467 g/mol. The largest absolute Gasteiger partial charge is 0.394 e. The molecule has 0 spiro atoms. The summed E-state index contributed by atoms with van der Waals surface area (Å²) < 4.78 is 47.3. The van der Waals surface area contributed by atoms with E-state index in [9.17, 15) is 28.5 Å². The van der Waals surface area contributed by atoms with Gasteiger partial charge in [-0.1, -0.05) is 34.7 Å². The maximum absolute atomic E-state index is 13.6. The molecule has 0 radical (unpaired) electrons. The SMILES string of the molecule is Cc1cccc(SC2OC(CO)C(O)C(n3cc(-c4cc(F)c(F)c(F)c4)nn3)C2O)c1. The molecule has 32 heavy (non-hydrogen) atoms. The zero-order valence-corrected chi connectivity index (χ0v) is 17.6. The molecule has 5 unspecified atom stereocenters. The number of aliphatic hydroxyl groups excluding tert-OH is 3. The van der Waals surface area contributed by atoms with Crippen LogP contribution in [0.5, 0.6) is 0 Å². The van der Waals surface area contributed by atoms with E-state index < -0.39 is 53.8 Å². The first-order valence-corrected chi connectivity index (χ1v) is 10.6. The molecule has 170 valence electrons. The van der Waals surface area contributed by atoms with E-state index in [-0.39, 0.29) is 11.3 Å². The van der Waals surface area contributed by atoms with Gasteiger partial charge in [-0.2, -0.15) is 0 Å². The van der Waals surface area contributed by atoms with Crippen molar-refractivity contribution in [1.29, 1.82) is 0 Å². The smallest absolute Gasteiger partial charge is 0.194 e. The Labute approximate surface area is 185 Å². The maximum atomic E-state index is 13.6. The number of nitrogens with zero attached hydrogens (tertiary/aromatic N) is 3. The van der Waals surface area contributed by atoms with Crippen LogP contribution in [0.1, 0.15) is 11.6 Å². The van der Waals surface area contributed by atoms with E-state index in [2.05, 4.69) is 10.3 Å². The average molecular weight is 467 g/mol. The molecule has 1 aliphatic heterocycles. The Hall–Kier alpha value is -2.44. The van der Waals surface area contributed by atoms with Crippen LogP contribution in [0.4, 0.5) is 13.2 Å². The molecular weight excluding hydrogens is 447 g/mol. The van der Waals surface area contributed by atoms with Gasteiger partial charge in [0.2, 0.25) is 0 Å². The average Bonchev–Trinajstić information content (AvgIpc) is 3.23. The molecule has 0 aliphatic carbocycles. The first kappa shape index (κ1) is 22.7. The normalized spacial score (nSPS) is 25.8. The fourth-order valence-corrected chi connectivity index (χ4v) is 4.74. The van der Waals surface area contributed by atoms with E-state index in [1.54, 1.807) is 0 Å². The van der Waals surface area contributed by atoms with Gasteiger partial charge in [0.1, 0.15) is 35.5 Å². The Balaban J connectivity index is 1.64. The lowest BCUT2D eigenvalue weighted by Gasteiger charge is -2.41. The summed E-state index contributed by atoms with van der Waals surface area (Å²) in [5.74, 6) is -4.36. The molecule has 1 aromatic heterocycles. The van der Waals surface area contributed by atoms with Crippen LogP contribution in [-0.4, -0.2) is 60.7 Å². The molecule has 5 atom stereocenters. The van der Waals surface area contributed by atoms with Crippen molar-refractivity contribution in [3.05, 3.63) is 65.6 Å². The maximum Gasteiger partial charge on any atom is 0.194 e. The first-order chi connectivity index (χ1) is 15.3. The predicted octanol–water partition coefficient (Wildman–Crippen LogP) is 2.44. The highest BCUT2D eigenvalue weighted by molar-refractivity contribution is 7.99. The van der Waals surface area contributed by atoms with E-state index in [1.807, 2.05) is 31.2 Å². The van der Waals surface area contributed by atoms with Crippen molar-refractivity contribution >= 4 is 11.8 Å². The third kappa shape index (κ3) is 4.39. The molecule has 1 fully saturated rings. The molecule has 1 saturated heterocycles. The van der Waals surface area contributed by atoms with Gasteiger partial charge in [0, 0.05) is 10.5 Å². The summed E-state index contributed by atoms with van der Waals surface area (Å²) in [5.41, 5.74) is 0.108. The lowest BCUT2D eigenvalue weighted by molar-refractivity contribution is -0.178. The highest BCUT2D eigenvalue weighted by Crippen LogP contribution is 2.38. The van der Waals surface area contributed by atoms with Crippen molar-refractivity contribution in [2.75, 3.05) is 6.61 Å². The van der Waals surface area contributed by atoms with E-state index >= 15 is 0 Å². The molecule has 2 aromatic carbocycles. The zero-order chi connectivity index (χ0) is 23.0. The second kappa shape index (κ2) is 9.20. The number of hydrogen-bond acceptors (Lipinski definition) is 7. The molecule has 7 nitrogen and oxygen atoms in total. The number of benzene rings is 2. The highest BCUT2D eigenvalue weighted by atomic mass is 32.2. The number of halogens is 3. The Morgan fingerprint density at radius 1 is 1.09 bits per heavy atom. The third-order valence-corrected chi connectivity index (χ3v) is 6.33. The van der Waals surface area contributed by atoms with Gasteiger partial charge >= 0.3 is 0 Å². The molecule has 1 aliphatic rings. The summed E-state index contributed by atoms with van der Waals surface area (Å²) in [4.78, 5) is 0.817.